The van der Waals surface area contributed by atoms with Gasteiger partial charge >= 0.3 is 0 Å². The molecule has 0 saturated carbocycles. The van der Waals surface area contributed by atoms with Crippen LogP contribution in [0.3, 0.4) is 0 Å². The smallest absolute Gasteiger partial charge is 0.273 e. The van der Waals surface area contributed by atoms with Crippen LogP contribution < -0.4 is 0 Å². The molecular formula is C13H12N2O2. The first-order valence-corrected chi connectivity index (χ1v) is 5.66. The van der Waals surface area contributed by atoms with Crippen LogP contribution in [0.2, 0.25) is 0 Å². The molecule has 0 aliphatic carbocycles. The lowest BCUT2D eigenvalue weighted by Gasteiger charge is -2.29. The van der Waals surface area contributed by atoms with Gasteiger partial charge in [0.2, 0.25) is 0 Å². The Kier molecular flexibility index (Phi) is 1.82. The number of hydrogen-bond donors (Lipinski definition) is 0. The van der Waals surface area contributed by atoms with E-state index in [0.29, 0.717) is 17.8 Å². The van der Waals surface area contributed by atoms with Crippen LogP contribution in [0, 0.1) is 0 Å². The van der Waals surface area contributed by atoms with Crippen LogP contribution in [0.1, 0.15) is 36.2 Å². The molecule has 0 N–H and O–H groups in total. The second kappa shape index (κ2) is 3.03. The van der Waals surface area contributed by atoms with E-state index in [1.165, 1.54) is 0 Å². The largest absolute Gasteiger partial charge is 0.277 e. The fourth-order valence-corrected chi connectivity index (χ4v) is 2.39. The summed E-state index contributed by atoms with van der Waals surface area (Å²) in [6.45, 7) is 3.67. The lowest BCUT2D eigenvalue weighted by Crippen LogP contribution is -2.49. The summed E-state index contributed by atoms with van der Waals surface area (Å²) in [5, 5.41) is 0. The summed E-state index contributed by atoms with van der Waals surface area (Å²) in [6, 6.07) is 7.29. The Morgan fingerprint density at radius 3 is 2.53 bits per heavy atom. The van der Waals surface area contributed by atoms with Crippen molar-refractivity contribution in [2.24, 2.45) is 4.99 Å². The van der Waals surface area contributed by atoms with Crippen molar-refractivity contribution in [3.05, 3.63) is 35.4 Å². The maximum Gasteiger partial charge on any atom is 0.273 e. The molecule has 0 aromatic heterocycles. The van der Waals surface area contributed by atoms with E-state index >= 15 is 0 Å². The molecule has 0 spiro atoms. The minimum absolute atomic E-state index is 0.116. The normalized spacial score (nSPS) is 26.0. The van der Waals surface area contributed by atoms with E-state index in [1.807, 2.05) is 25.1 Å². The molecule has 1 atom stereocenters. The summed E-state index contributed by atoms with van der Waals surface area (Å²) < 4.78 is 0. The summed E-state index contributed by atoms with van der Waals surface area (Å²) in [5.74, 6) is 0.173. The van der Waals surface area contributed by atoms with Crippen molar-refractivity contribution in [3.8, 4) is 0 Å². The second-order valence-corrected chi connectivity index (χ2v) is 4.55. The highest BCUT2D eigenvalue weighted by atomic mass is 16.2. The number of carbonyl (C=O) groups excluding carboxylic acids is 2. The third-order valence-corrected chi connectivity index (χ3v) is 3.66. The number of amides is 2. The molecule has 86 valence electrons. The molecule has 2 heterocycles. The van der Waals surface area contributed by atoms with Crippen LogP contribution in [0.4, 0.5) is 0 Å². The van der Waals surface area contributed by atoms with Crippen LogP contribution in [0.15, 0.2) is 29.3 Å². The molecule has 3 rings (SSSR count). The minimum atomic E-state index is -0.814. The molecule has 0 bridgehead atoms. The van der Waals surface area contributed by atoms with E-state index in [1.54, 1.807) is 17.9 Å². The van der Waals surface area contributed by atoms with Gasteiger partial charge in [-0.05, 0) is 19.4 Å². The fraction of sp³-hybridized carbons (Fsp3) is 0.308. The highest BCUT2D eigenvalue weighted by molar-refractivity contribution is 6.30. The number of rotatable bonds is 1. The van der Waals surface area contributed by atoms with E-state index in [0.717, 1.165) is 5.56 Å². The molecular weight excluding hydrogens is 216 g/mol. The van der Waals surface area contributed by atoms with E-state index in [9.17, 15) is 9.59 Å². The number of carbonyl (C=O) groups is 2. The predicted octanol–water partition coefficient (Wildman–Crippen LogP) is 1.60. The summed E-state index contributed by atoms with van der Waals surface area (Å²) in [5.41, 5.74) is 0.590. The van der Waals surface area contributed by atoms with Crippen molar-refractivity contribution >= 4 is 17.6 Å². The zero-order valence-electron chi connectivity index (χ0n) is 9.73. The summed E-state index contributed by atoms with van der Waals surface area (Å²) >= 11 is 0. The predicted molar refractivity (Wildman–Crippen MR) is 62.9 cm³/mol. The van der Waals surface area contributed by atoms with Gasteiger partial charge in [-0.3, -0.25) is 14.5 Å². The maximum atomic E-state index is 12.3. The van der Waals surface area contributed by atoms with Crippen molar-refractivity contribution in [1.29, 1.82) is 0 Å². The molecule has 2 aliphatic rings. The van der Waals surface area contributed by atoms with Crippen LogP contribution in [-0.4, -0.2) is 28.1 Å². The molecule has 2 amide bonds. The SMILES string of the molecule is CCC1(C)C(=O)N=C2c3ccccc3C(=O)N21. The molecule has 2 aliphatic heterocycles. The van der Waals surface area contributed by atoms with Crippen LogP contribution in [0.5, 0.6) is 0 Å². The molecule has 1 unspecified atom stereocenters. The van der Waals surface area contributed by atoms with Crippen molar-refractivity contribution in [1.82, 2.24) is 4.90 Å². The Balaban J connectivity index is 2.24. The van der Waals surface area contributed by atoms with Gasteiger partial charge in [0.05, 0.1) is 5.56 Å². The molecule has 4 nitrogen and oxygen atoms in total. The molecule has 4 heteroatoms. The fourth-order valence-electron chi connectivity index (χ4n) is 2.39. The average Bonchev–Trinajstić information content (AvgIpc) is 2.77. The second-order valence-electron chi connectivity index (χ2n) is 4.55. The van der Waals surface area contributed by atoms with Gasteiger partial charge in [0.25, 0.3) is 11.8 Å². The summed E-state index contributed by atoms with van der Waals surface area (Å²) in [6.07, 6.45) is 0.568. The Morgan fingerprint density at radius 2 is 1.88 bits per heavy atom. The van der Waals surface area contributed by atoms with Crippen molar-refractivity contribution in [2.45, 2.75) is 25.8 Å². The van der Waals surface area contributed by atoms with Gasteiger partial charge in [-0.2, -0.15) is 4.99 Å². The minimum Gasteiger partial charge on any atom is -0.277 e. The first kappa shape index (κ1) is 10.2. The Labute approximate surface area is 99.0 Å². The third-order valence-electron chi connectivity index (χ3n) is 3.66. The van der Waals surface area contributed by atoms with Gasteiger partial charge in [0, 0.05) is 5.56 Å². The van der Waals surface area contributed by atoms with E-state index in [-0.39, 0.29) is 11.8 Å². The van der Waals surface area contributed by atoms with Crippen molar-refractivity contribution in [3.63, 3.8) is 0 Å². The third kappa shape index (κ3) is 1.05. The number of nitrogens with zero attached hydrogens (tertiary/aromatic N) is 2. The van der Waals surface area contributed by atoms with E-state index < -0.39 is 5.54 Å². The van der Waals surface area contributed by atoms with Crippen LogP contribution >= 0.6 is 0 Å². The van der Waals surface area contributed by atoms with E-state index in [2.05, 4.69) is 4.99 Å². The topological polar surface area (TPSA) is 49.7 Å². The number of amidine groups is 1. The van der Waals surface area contributed by atoms with E-state index in [4.69, 9.17) is 0 Å². The standard InChI is InChI=1S/C13H12N2O2/c1-3-13(2)12(17)14-10-8-6-4-5-7-9(8)11(16)15(10)13/h4-7H,3H2,1-2H3. The van der Waals surface area contributed by atoms with Gasteiger partial charge in [0.1, 0.15) is 11.4 Å². The highest BCUT2D eigenvalue weighted by Gasteiger charge is 2.52. The van der Waals surface area contributed by atoms with Gasteiger partial charge in [-0.25, -0.2) is 0 Å². The van der Waals surface area contributed by atoms with Gasteiger partial charge in [0.15, 0.2) is 0 Å². The number of benzene rings is 1. The Bertz CT molecular complexity index is 577. The first-order valence-electron chi connectivity index (χ1n) is 5.66. The van der Waals surface area contributed by atoms with Crippen molar-refractivity contribution in [2.75, 3.05) is 0 Å². The molecule has 0 radical (unpaired) electrons. The molecule has 1 aromatic carbocycles. The number of hydrogen-bond acceptors (Lipinski definition) is 2. The number of fused-ring (bicyclic) bond motifs is 3. The Hall–Kier alpha value is -1.97. The Morgan fingerprint density at radius 1 is 1.24 bits per heavy atom. The summed E-state index contributed by atoms with van der Waals surface area (Å²) in [7, 11) is 0. The monoisotopic (exact) mass is 228 g/mol. The maximum absolute atomic E-state index is 12.3. The highest BCUT2D eigenvalue weighted by Crippen LogP contribution is 2.36. The van der Waals surface area contributed by atoms with Gasteiger partial charge in [-0.1, -0.05) is 25.1 Å². The average molecular weight is 228 g/mol. The lowest BCUT2D eigenvalue weighted by molar-refractivity contribution is -0.124. The van der Waals surface area contributed by atoms with Crippen molar-refractivity contribution < 1.29 is 9.59 Å². The quantitative estimate of drug-likeness (QED) is 0.733. The first-order chi connectivity index (χ1) is 8.09. The molecule has 0 saturated heterocycles. The molecule has 17 heavy (non-hydrogen) atoms. The zero-order chi connectivity index (χ0) is 12.2. The van der Waals surface area contributed by atoms with Crippen LogP contribution in [-0.2, 0) is 4.79 Å². The molecule has 1 aromatic rings. The summed E-state index contributed by atoms with van der Waals surface area (Å²) in [4.78, 5) is 29.8. The van der Waals surface area contributed by atoms with Gasteiger partial charge < -0.3 is 0 Å². The van der Waals surface area contributed by atoms with Crippen LogP contribution in [0.25, 0.3) is 0 Å². The molecule has 0 fully saturated rings. The van der Waals surface area contributed by atoms with Gasteiger partial charge in [-0.15, -0.1) is 0 Å². The lowest BCUT2D eigenvalue weighted by atomic mass is 9.97. The zero-order valence-corrected chi connectivity index (χ0v) is 9.73. The number of aliphatic imine (C=N–C) groups is 1.